The smallest absolute Gasteiger partial charge is 0.119 e. The minimum Gasteiger partial charge on any atom is -0.497 e. The lowest BCUT2D eigenvalue weighted by Gasteiger charge is -2.21. The monoisotopic (exact) mass is 275 g/mol. The molecular formula is C18H29NO. The van der Waals surface area contributed by atoms with Gasteiger partial charge in [0.1, 0.15) is 5.75 Å². The third kappa shape index (κ3) is 5.16. The highest BCUT2D eigenvalue weighted by Crippen LogP contribution is 2.24. The van der Waals surface area contributed by atoms with E-state index in [0.29, 0.717) is 0 Å². The van der Waals surface area contributed by atoms with Crippen molar-refractivity contribution in [3.63, 3.8) is 0 Å². The van der Waals surface area contributed by atoms with E-state index in [1.165, 1.54) is 31.2 Å². The third-order valence-electron chi connectivity index (χ3n) is 4.36. The maximum atomic E-state index is 5.33. The van der Waals surface area contributed by atoms with Crippen molar-refractivity contribution in [1.29, 1.82) is 0 Å². The molecule has 0 aromatic heterocycles. The first-order valence-electron chi connectivity index (χ1n) is 8.07. The Morgan fingerprint density at radius 2 is 2.15 bits per heavy atom. The molecule has 1 N–H and O–H groups in total. The number of methoxy groups -OCH3 is 1. The molecule has 1 saturated carbocycles. The summed E-state index contributed by atoms with van der Waals surface area (Å²) in [5, 5.41) is 3.70. The van der Waals surface area contributed by atoms with E-state index >= 15 is 0 Å². The van der Waals surface area contributed by atoms with Crippen molar-refractivity contribution in [2.24, 2.45) is 11.8 Å². The van der Waals surface area contributed by atoms with Crippen molar-refractivity contribution < 1.29 is 4.74 Å². The van der Waals surface area contributed by atoms with Crippen LogP contribution in [0.2, 0.25) is 0 Å². The Bertz CT molecular complexity index is 400. The van der Waals surface area contributed by atoms with Crippen molar-refractivity contribution in [1.82, 2.24) is 5.32 Å². The maximum Gasteiger partial charge on any atom is 0.119 e. The molecule has 0 heterocycles. The summed E-state index contributed by atoms with van der Waals surface area (Å²) in [6.07, 6.45) is 6.48. The Morgan fingerprint density at radius 3 is 2.80 bits per heavy atom. The van der Waals surface area contributed by atoms with Gasteiger partial charge in [-0.25, -0.2) is 0 Å². The average molecular weight is 275 g/mol. The Kier molecular flexibility index (Phi) is 5.90. The van der Waals surface area contributed by atoms with Crippen molar-refractivity contribution in [3.8, 4) is 5.75 Å². The zero-order chi connectivity index (χ0) is 14.4. The van der Waals surface area contributed by atoms with E-state index in [2.05, 4.69) is 37.4 Å². The number of hydrogen-bond donors (Lipinski definition) is 1. The summed E-state index contributed by atoms with van der Waals surface area (Å²) in [7, 11) is 1.74. The number of benzene rings is 1. The van der Waals surface area contributed by atoms with Gasteiger partial charge in [0.2, 0.25) is 0 Å². The summed E-state index contributed by atoms with van der Waals surface area (Å²) in [6.45, 7) is 5.82. The van der Waals surface area contributed by atoms with Crippen molar-refractivity contribution in [2.75, 3.05) is 13.7 Å². The van der Waals surface area contributed by atoms with Crippen LogP contribution in [-0.4, -0.2) is 19.7 Å². The van der Waals surface area contributed by atoms with E-state index in [1.54, 1.807) is 7.11 Å². The fraction of sp³-hybridized carbons (Fsp3) is 0.667. The van der Waals surface area contributed by atoms with Gasteiger partial charge in [0, 0.05) is 6.04 Å². The maximum absolute atomic E-state index is 5.33. The fourth-order valence-electron chi connectivity index (χ4n) is 2.73. The van der Waals surface area contributed by atoms with E-state index in [9.17, 15) is 0 Å². The van der Waals surface area contributed by atoms with Crippen molar-refractivity contribution >= 4 is 0 Å². The molecule has 2 nitrogen and oxygen atoms in total. The van der Waals surface area contributed by atoms with Crippen LogP contribution < -0.4 is 10.1 Å². The zero-order valence-corrected chi connectivity index (χ0v) is 13.2. The Balaban J connectivity index is 1.92. The minimum atomic E-state index is 0.734. The molecule has 1 aromatic carbocycles. The zero-order valence-electron chi connectivity index (χ0n) is 13.2. The molecule has 1 aromatic rings. The van der Waals surface area contributed by atoms with E-state index in [4.69, 9.17) is 4.74 Å². The predicted molar refractivity (Wildman–Crippen MR) is 85.3 cm³/mol. The largest absolute Gasteiger partial charge is 0.497 e. The second-order valence-corrected chi connectivity index (χ2v) is 6.35. The summed E-state index contributed by atoms with van der Waals surface area (Å²) in [4.78, 5) is 0. The highest BCUT2D eigenvalue weighted by atomic mass is 16.5. The summed E-state index contributed by atoms with van der Waals surface area (Å²) in [6, 6.07) is 9.34. The normalized spacial score (nSPS) is 17.8. The SMILES string of the molecule is CCC(C)CC(CNC1CC1)Cc1cccc(OC)c1. The van der Waals surface area contributed by atoms with Crippen molar-refractivity contribution in [3.05, 3.63) is 29.8 Å². The Morgan fingerprint density at radius 1 is 1.35 bits per heavy atom. The fourth-order valence-corrected chi connectivity index (χ4v) is 2.73. The van der Waals surface area contributed by atoms with Crippen LogP contribution >= 0.6 is 0 Å². The lowest BCUT2D eigenvalue weighted by atomic mass is 9.89. The van der Waals surface area contributed by atoms with Gasteiger partial charge in [-0.05, 0) is 61.8 Å². The van der Waals surface area contributed by atoms with Gasteiger partial charge in [0.15, 0.2) is 0 Å². The molecule has 0 amide bonds. The predicted octanol–water partition coefficient (Wildman–Crippen LogP) is 4.04. The number of rotatable bonds is 9. The Labute approximate surface area is 123 Å². The minimum absolute atomic E-state index is 0.734. The quantitative estimate of drug-likeness (QED) is 0.734. The molecule has 1 aliphatic rings. The van der Waals surface area contributed by atoms with Crippen LogP contribution in [0.3, 0.4) is 0 Å². The average Bonchev–Trinajstić information content (AvgIpc) is 3.29. The summed E-state index contributed by atoms with van der Waals surface area (Å²) in [5.41, 5.74) is 1.40. The van der Waals surface area contributed by atoms with Gasteiger partial charge in [-0.1, -0.05) is 32.4 Å². The summed E-state index contributed by atoms with van der Waals surface area (Å²) < 4.78 is 5.33. The summed E-state index contributed by atoms with van der Waals surface area (Å²) in [5.74, 6) is 2.52. The lowest BCUT2D eigenvalue weighted by Crippen LogP contribution is -2.27. The second kappa shape index (κ2) is 7.68. The molecule has 2 heteroatoms. The number of ether oxygens (including phenoxy) is 1. The van der Waals surface area contributed by atoms with Crippen molar-refractivity contribution in [2.45, 2.75) is 52.0 Å². The molecule has 112 valence electrons. The number of nitrogens with one attached hydrogen (secondary N) is 1. The molecule has 2 rings (SSSR count). The first-order chi connectivity index (χ1) is 9.71. The van der Waals surface area contributed by atoms with E-state index in [0.717, 1.165) is 36.6 Å². The van der Waals surface area contributed by atoms with Gasteiger partial charge < -0.3 is 10.1 Å². The van der Waals surface area contributed by atoms with Gasteiger partial charge in [-0.3, -0.25) is 0 Å². The van der Waals surface area contributed by atoms with Crippen LogP contribution in [0.25, 0.3) is 0 Å². The van der Waals surface area contributed by atoms with Gasteiger partial charge in [0.05, 0.1) is 7.11 Å². The number of hydrogen-bond acceptors (Lipinski definition) is 2. The molecule has 1 aliphatic carbocycles. The van der Waals surface area contributed by atoms with Crippen LogP contribution in [0.1, 0.15) is 45.1 Å². The standard InChI is InChI=1S/C18H29NO/c1-4-14(2)10-16(13-19-17-8-9-17)11-15-6-5-7-18(12-15)20-3/h5-7,12,14,16-17,19H,4,8-11,13H2,1-3H3. The topological polar surface area (TPSA) is 21.3 Å². The summed E-state index contributed by atoms with van der Waals surface area (Å²) >= 11 is 0. The van der Waals surface area contributed by atoms with Gasteiger partial charge in [-0.2, -0.15) is 0 Å². The molecule has 1 fully saturated rings. The molecule has 0 spiro atoms. The van der Waals surface area contributed by atoms with Gasteiger partial charge in [-0.15, -0.1) is 0 Å². The van der Waals surface area contributed by atoms with E-state index in [-0.39, 0.29) is 0 Å². The van der Waals surface area contributed by atoms with Crippen LogP contribution in [0, 0.1) is 11.8 Å². The second-order valence-electron chi connectivity index (χ2n) is 6.35. The van der Waals surface area contributed by atoms with E-state index < -0.39 is 0 Å². The molecule has 0 aliphatic heterocycles. The molecule has 0 saturated heterocycles. The van der Waals surface area contributed by atoms with Crippen LogP contribution in [0.4, 0.5) is 0 Å². The molecule has 2 atom stereocenters. The lowest BCUT2D eigenvalue weighted by molar-refractivity contribution is 0.361. The van der Waals surface area contributed by atoms with Gasteiger partial charge >= 0.3 is 0 Å². The first kappa shape index (κ1) is 15.4. The highest BCUT2D eigenvalue weighted by molar-refractivity contribution is 5.28. The highest BCUT2D eigenvalue weighted by Gasteiger charge is 2.22. The molecular weight excluding hydrogens is 246 g/mol. The molecule has 20 heavy (non-hydrogen) atoms. The molecule has 0 bridgehead atoms. The van der Waals surface area contributed by atoms with Crippen LogP contribution in [0.15, 0.2) is 24.3 Å². The molecule has 2 unspecified atom stereocenters. The Hall–Kier alpha value is -1.02. The van der Waals surface area contributed by atoms with Crippen LogP contribution in [-0.2, 0) is 6.42 Å². The van der Waals surface area contributed by atoms with E-state index in [1.807, 2.05) is 6.07 Å². The van der Waals surface area contributed by atoms with Gasteiger partial charge in [0.25, 0.3) is 0 Å². The molecule has 0 radical (unpaired) electrons. The third-order valence-corrected chi connectivity index (χ3v) is 4.36. The first-order valence-corrected chi connectivity index (χ1v) is 8.07. The van der Waals surface area contributed by atoms with Crippen LogP contribution in [0.5, 0.6) is 5.75 Å².